The van der Waals surface area contributed by atoms with Crippen LogP contribution >= 0.6 is 0 Å². The van der Waals surface area contributed by atoms with Crippen LogP contribution in [0.5, 0.6) is 11.5 Å². The minimum atomic E-state index is -0.1000. The summed E-state index contributed by atoms with van der Waals surface area (Å²) in [6.07, 6.45) is 0.832. The van der Waals surface area contributed by atoms with Gasteiger partial charge in [-0.1, -0.05) is 25.1 Å². The highest BCUT2D eigenvalue weighted by molar-refractivity contribution is 5.95. The van der Waals surface area contributed by atoms with Crippen molar-refractivity contribution in [1.29, 1.82) is 0 Å². The van der Waals surface area contributed by atoms with Crippen molar-refractivity contribution in [3.8, 4) is 11.5 Å². The predicted molar refractivity (Wildman–Crippen MR) is 93.8 cm³/mol. The molecule has 0 saturated heterocycles. The molecule has 4 heteroatoms. The predicted octanol–water partition coefficient (Wildman–Crippen LogP) is 3.96. The Bertz CT molecular complexity index is 755. The molecule has 1 heterocycles. The van der Waals surface area contributed by atoms with Crippen LogP contribution in [0.2, 0.25) is 0 Å². The number of fused-ring (bicyclic) bond motifs is 1. The van der Waals surface area contributed by atoms with Gasteiger partial charge in [0.15, 0.2) is 11.5 Å². The van der Waals surface area contributed by atoms with E-state index in [0.29, 0.717) is 30.3 Å². The van der Waals surface area contributed by atoms with Crippen LogP contribution < -0.4 is 14.8 Å². The van der Waals surface area contributed by atoms with Gasteiger partial charge in [0.05, 0.1) is 6.04 Å². The largest absolute Gasteiger partial charge is 0.486 e. The quantitative estimate of drug-likeness (QED) is 0.926. The van der Waals surface area contributed by atoms with Gasteiger partial charge in [0.2, 0.25) is 0 Å². The molecule has 0 radical (unpaired) electrons. The Morgan fingerprint density at radius 2 is 1.79 bits per heavy atom. The molecule has 1 unspecified atom stereocenters. The van der Waals surface area contributed by atoms with Gasteiger partial charge in [0.25, 0.3) is 5.91 Å². The second-order valence-corrected chi connectivity index (χ2v) is 6.14. The summed E-state index contributed by atoms with van der Waals surface area (Å²) in [5.41, 5.74) is 4.21. The van der Waals surface area contributed by atoms with Gasteiger partial charge in [-0.2, -0.15) is 0 Å². The summed E-state index contributed by atoms with van der Waals surface area (Å²) in [5, 5.41) is 3.12. The van der Waals surface area contributed by atoms with Crippen LogP contribution in [-0.2, 0) is 0 Å². The normalized spacial score (nSPS) is 14.1. The fourth-order valence-corrected chi connectivity index (χ4v) is 2.83. The molecule has 0 saturated carbocycles. The molecule has 0 fully saturated rings. The monoisotopic (exact) mass is 325 g/mol. The van der Waals surface area contributed by atoms with Gasteiger partial charge in [-0.05, 0) is 55.2 Å². The maximum Gasteiger partial charge on any atom is 0.251 e. The number of nitrogens with one attached hydrogen (secondary N) is 1. The summed E-state index contributed by atoms with van der Waals surface area (Å²) in [4.78, 5) is 12.6. The molecule has 24 heavy (non-hydrogen) atoms. The van der Waals surface area contributed by atoms with Crippen LogP contribution in [0, 0.1) is 13.8 Å². The van der Waals surface area contributed by atoms with Crippen molar-refractivity contribution in [3.05, 3.63) is 58.7 Å². The number of hydrogen-bond acceptors (Lipinski definition) is 3. The Balaban J connectivity index is 1.78. The number of benzene rings is 2. The summed E-state index contributed by atoms with van der Waals surface area (Å²) in [5.74, 6) is 1.23. The van der Waals surface area contributed by atoms with Crippen molar-refractivity contribution >= 4 is 5.91 Å². The first-order valence-electron chi connectivity index (χ1n) is 8.36. The standard InChI is InChI=1S/C20H23NO3/c1-4-17(15-6-5-13(2)14(3)11-15)21-20(22)16-7-8-18-19(12-16)24-10-9-23-18/h5-8,11-12,17H,4,9-10H2,1-3H3,(H,21,22). The number of ether oxygens (including phenoxy) is 2. The lowest BCUT2D eigenvalue weighted by Crippen LogP contribution is -2.28. The van der Waals surface area contributed by atoms with Gasteiger partial charge in [0, 0.05) is 5.56 Å². The molecular formula is C20H23NO3. The summed E-state index contributed by atoms with van der Waals surface area (Å²) in [7, 11) is 0. The van der Waals surface area contributed by atoms with Crippen molar-refractivity contribution in [2.24, 2.45) is 0 Å². The van der Waals surface area contributed by atoms with Crippen LogP contribution in [0.1, 0.15) is 46.4 Å². The lowest BCUT2D eigenvalue weighted by Gasteiger charge is -2.21. The fourth-order valence-electron chi connectivity index (χ4n) is 2.83. The summed E-state index contributed by atoms with van der Waals surface area (Å²) in [6, 6.07) is 11.6. The molecule has 2 aromatic rings. The van der Waals surface area contributed by atoms with E-state index >= 15 is 0 Å². The third kappa shape index (κ3) is 3.37. The Kier molecular flexibility index (Phi) is 4.74. The Hall–Kier alpha value is -2.49. The average molecular weight is 325 g/mol. The number of amides is 1. The van der Waals surface area contributed by atoms with E-state index in [1.807, 2.05) is 0 Å². The molecule has 1 aliphatic heterocycles. The van der Waals surface area contributed by atoms with Gasteiger partial charge >= 0.3 is 0 Å². The molecule has 1 atom stereocenters. The molecular weight excluding hydrogens is 302 g/mol. The maximum absolute atomic E-state index is 12.6. The molecule has 3 rings (SSSR count). The minimum absolute atomic E-state index is 0.00926. The number of carbonyl (C=O) groups excluding carboxylic acids is 1. The van der Waals surface area contributed by atoms with E-state index in [-0.39, 0.29) is 11.9 Å². The van der Waals surface area contributed by atoms with Crippen molar-refractivity contribution in [2.45, 2.75) is 33.2 Å². The highest BCUT2D eigenvalue weighted by atomic mass is 16.6. The van der Waals surface area contributed by atoms with Gasteiger partial charge in [-0.15, -0.1) is 0 Å². The van der Waals surface area contributed by atoms with Crippen LogP contribution in [0.15, 0.2) is 36.4 Å². The van der Waals surface area contributed by atoms with Crippen LogP contribution in [-0.4, -0.2) is 19.1 Å². The molecule has 1 amide bonds. The van der Waals surface area contributed by atoms with Gasteiger partial charge in [0.1, 0.15) is 13.2 Å². The Morgan fingerprint density at radius 1 is 1.04 bits per heavy atom. The fraction of sp³-hybridized carbons (Fsp3) is 0.350. The average Bonchev–Trinajstić information content (AvgIpc) is 2.61. The Morgan fingerprint density at radius 3 is 2.50 bits per heavy atom. The molecule has 0 bridgehead atoms. The zero-order valence-electron chi connectivity index (χ0n) is 14.4. The molecule has 0 aliphatic carbocycles. The topological polar surface area (TPSA) is 47.6 Å². The molecule has 126 valence electrons. The van der Waals surface area contributed by atoms with Crippen LogP contribution in [0.25, 0.3) is 0 Å². The van der Waals surface area contributed by atoms with E-state index in [0.717, 1.165) is 12.0 Å². The summed E-state index contributed by atoms with van der Waals surface area (Å²) in [6.45, 7) is 7.31. The second-order valence-electron chi connectivity index (χ2n) is 6.14. The lowest BCUT2D eigenvalue weighted by atomic mass is 9.99. The highest BCUT2D eigenvalue weighted by Gasteiger charge is 2.18. The zero-order valence-corrected chi connectivity index (χ0v) is 14.4. The third-order valence-electron chi connectivity index (χ3n) is 4.45. The summed E-state index contributed by atoms with van der Waals surface area (Å²) >= 11 is 0. The third-order valence-corrected chi connectivity index (χ3v) is 4.45. The zero-order chi connectivity index (χ0) is 17.1. The number of rotatable bonds is 4. The van der Waals surface area contributed by atoms with Crippen molar-refractivity contribution in [3.63, 3.8) is 0 Å². The van der Waals surface area contributed by atoms with E-state index in [1.54, 1.807) is 18.2 Å². The maximum atomic E-state index is 12.6. The van der Waals surface area contributed by atoms with Gasteiger partial charge in [-0.3, -0.25) is 4.79 Å². The molecule has 1 aliphatic rings. The van der Waals surface area contributed by atoms with Crippen molar-refractivity contribution in [1.82, 2.24) is 5.32 Å². The number of aryl methyl sites for hydroxylation is 2. The minimum Gasteiger partial charge on any atom is -0.486 e. The molecule has 2 aromatic carbocycles. The van der Waals surface area contributed by atoms with E-state index in [2.05, 4.69) is 44.3 Å². The van der Waals surface area contributed by atoms with Gasteiger partial charge in [-0.25, -0.2) is 0 Å². The lowest BCUT2D eigenvalue weighted by molar-refractivity contribution is 0.0934. The van der Waals surface area contributed by atoms with Crippen molar-refractivity contribution < 1.29 is 14.3 Å². The molecule has 0 spiro atoms. The first-order chi connectivity index (χ1) is 11.6. The molecule has 4 nitrogen and oxygen atoms in total. The second kappa shape index (κ2) is 6.95. The van der Waals surface area contributed by atoms with Crippen LogP contribution in [0.3, 0.4) is 0 Å². The van der Waals surface area contributed by atoms with E-state index in [9.17, 15) is 4.79 Å². The molecule has 1 N–H and O–H groups in total. The number of carbonyl (C=O) groups is 1. The van der Waals surface area contributed by atoms with E-state index in [4.69, 9.17) is 9.47 Å². The van der Waals surface area contributed by atoms with Gasteiger partial charge < -0.3 is 14.8 Å². The first-order valence-corrected chi connectivity index (χ1v) is 8.36. The summed E-state index contributed by atoms with van der Waals surface area (Å²) < 4.78 is 11.1. The highest BCUT2D eigenvalue weighted by Crippen LogP contribution is 2.31. The first kappa shape index (κ1) is 16.4. The smallest absolute Gasteiger partial charge is 0.251 e. The van der Waals surface area contributed by atoms with Crippen molar-refractivity contribution in [2.75, 3.05) is 13.2 Å². The number of hydrogen-bond donors (Lipinski definition) is 1. The van der Waals surface area contributed by atoms with E-state index in [1.165, 1.54) is 11.1 Å². The molecule has 0 aromatic heterocycles. The Labute approximate surface area is 142 Å². The van der Waals surface area contributed by atoms with E-state index < -0.39 is 0 Å². The van der Waals surface area contributed by atoms with Crippen LogP contribution in [0.4, 0.5) is 0 Å². The SMILES string of the molecule is CCC(NC(=O)c1ccc2c(c1)OCCO2)c1ccc(C)c(C)c1.